The average molecular weight is 550 g/mol. The largest absolute Gasteiger partial charge is 0.495 e. The van der Waals surface area contributed by atoms with Gasteiger partial charge in [-0.25, -0.2) is 9.98 Å². The molecule has 3 rings (SSSR count). The molecule has 6 nitrogen and oxygen atoms in total. The fourth-order valence-corrected chi connectivity index (χ4v) is 4.42. The van der Waals surface area contributed by atoms with Crippen molar-refractivity contribution in [3.8, 4) is 5.75 Å². The van der Waals surface area contributed by atoms with E-state index in [0.29, 0.717) is 12.6 Å². The third-order valence-electron chi connectivity index (χ3n) is 4.74. The molecule has 0 amide bonds. The van der Waals surface area contributed by atoms with Crippen LogP contribution in [-0.4, -0.2) is 43.7 Å². The summed E-state index contributed by atoms with van der Waals surface area (Å²) in [7, 11) is 1.69. The standard InChI is InChI=1S/C20H28ClN5OS.HI/c1-5-22-20(23-11-19-13(2)24-14(3)28-19)25-16-8-9-26(12-16)17-10-15(21)6-7-18(17)27-4;/h6-7,10,16H,5,8-9,11-12H2,1-4H3,(H2,22,23,25);1H. The number of thiazole rings is 1. The van der Waals surface area contributed by atoms with E-state index >= 15 is 0 Å². The van der Waals surface area contributed by atoms with Crippen LogP contribution in [0.15, 0.2) is 23.2 Å². The minimum absolute atomic E-state index is 0. The number of methoxy groups -OCH3 is 1. The Bertz CT molecular complexity index is 844. The lowest BCUT2D eigenvalue weighted by Crippen LogP contribution is -2.44. The molecule has 1 fully saturated rings. The molecule has 0 aliphatic carbocycles. The van der Waals surface area contributed by atoms with Crippen LogP contribution < -0.4 is 20.3 Å². The van der Waals surface area contributed by atoms with E-state index in [4.69, 9.17) is 21.3 Å². The fourth-order valence-electron chi connectivity index (χ4n) is 3.39. The van der Waals surface area contributed by atoms with E-state index in [1.807, 2.05) is 32.0 Å². The second-order valence-electron chi connectivity index (χ2n) is 6.83. The molecule has 160 valence electrons. The van der Waals surface area contributed by atoms with Crippen LogP contribution in [0.25, 0.3) is 0 Å². The first kappa shape index (κ1) is 24.0. The predicted molar refractivity (Wildman–Crippen MR) is 134 cm³/mol. The van der Waals surface area contributed by atoms with Crippen LogP contribution in [0, 0.1) is 13.8 Å². The summed E-state index contributed by atoms with van der Waals surface area (Å²) in [5, 5.41) is 8.73. The third kappa shape index (κ3) is 6.36. The summed E-state index contributed by atoms with van der Waals surface area (Å²) < 4.78 is 5.51. The summed E-state index contributed by atoms with van der Waals surface area (Å²) in [5.41, 5.74) is 2.11. The number of rotatable bonds is 6. The Hall–Kier alpha value is -1.26. The Balaban J connectivity index is 0.00000300. The highest BCUT2D eigenvalue weighted by Gasteiger charge is 2.25. The molecule has 1 aliphatic heterocycles. The van der Waals surface area contributed by atoms with Gasteiger partial charge < -0.3 is 20.3 Å². The van der Waals surface area contributed by atoms with Crippen LogP contribution in [0.2, 0.25) is 5.02 Å². The van der Waals surface area contributed by atoms with Crippen LogP contribution in [-0.2, 0) is 6.54 Å². The molecule has 0 saturated carbocycles. The van der Waals surface area contributed by atoms with Crippen molar-refractivity contribution >= 4 is 58.6 Å². The van der Waals surface area contributed by atoms with Gasteiger partial charge in [-0.15, -0.1) is 35.3 Å². The quantitative estimate of drug-likeness (QED) is 0.318. The highest BCUT2D eigenvalue weighted by atomic mass is 127. The summed E-state index contributed by atoms with van der Waals surface area (Å²) in [6, 6.07) is 6.06. The van der Waals surface area contributed by atoms with Gasteiger partial charge in [0.1, 0.15) is 5.75 Å². The zero-order valence-corrected chi connectivity index (χ0v) is 21.2. The number of aliphatic imine (C=N–C) groups is 1. The first-order valence-corrected chi connectivity index (χ1v) is 10.8. The molecule has 1 atom stereocenters. The van der Waals surface area contributed by atoms with Crippen LogP contribution in [0.4, 0.5) is 5.69 Å². The van der Waals surface area contributed by atoms with Gasteiger partial charge in [0.2, 0.25) is 0 Å². The van der Waals surface area contributed by atoms with Gasteiger partial charge in [-0.1, -0.05) is 11.6 Å². The van der Waals surface area contributed by atoms with Crippen LogP contribution in [0.3, 0.4) is 0 Å². The smallest absolute Gasteiger partial charge is 0.191 e. The molecular weight excluding hydrogens is 521 g/mol. The lowest BCUT2D eigenvalue weighted by atomic mass is 10.2. The van der Waals surface area contributed by atoms with E-state index in [1.165, 1.54) is 4.88 Å². The summed E-state index contributed by atoms with van der Waals surface area (Å²) in [6.07, 6.45) is 1.03. The van der Waals surface area contributed by atoms with Crippen molar-refractivity contribution < 1.29 is 4.74 Å². The molecule has 1 aliphatic rings. The van der Waals surface area contributed by atoms with E-state index in [1.54, 1.807) is 18.4 Å². The van der Waals surface area contributed by atoms with Crippen LogP contribution in [0.5, 0.6) is 5.75 Å². The number of aryl methyl sites for hydroxylation is 2. The normalized spacial score (nSPS) is 16.5. The molecule has 1 saturated heterocycles. The summed E-state index contributed by atoms with van der Waals surface area (Å²) in [5.74, 6) is 1.69. The zero-order chi connectivity index (χ0) is 20.1. The van der Waals surface area contributed by atoms with Gasteiger partial charge in [0.05, 0.1) is 30.0 Å². The number of anilines is 1. The number of guanidine groups is 1. The Morgan fingerprint density at radius 2 is 2.21 bits per heavy atom. The third-order valence-corrected chi connectivity index (χ3v) is 6.03. The van der Waals surface area contributed by atoms with Crippen LogP contribution in [0.1, 0.15) is 28.9 Å². The monoisotopic (exact) mass is 549 g/mol. The van der Waals surface area contributed by atoms with Gasteiger partial charge in [-0.05, 0) is 45.4 Å². The molecule has 1 aromatic heterocycles. The number of halogens is 2. The topological polar surface area (TPSA) is 61.8 Å². The summed E-state index contributed by atoms with van der Waals surface area (Å²) in [6.45, 7) is 9.45. The van der Waals surface area contributed by atoms with Crippen molar-refractivity contribution in [2.45, 2.75) is 39.8 Å². The Kier molecular flexibility index (Phi) is 9.29. The maximum atomic E-state index is 6.20. The molecular formula is C20H29ClIN5OS. The van der Waals surface area contributed by atoms with E-state index in [9.17, 15) is 0 Å². The molecule has 2 aromatic rings. The SMILES string of the molecule is CCNC(=NCc1sc(C)nc1C)NC1CCN(c2cc(Cl)ccc2OC)C1.I. The molecule has 0 spiro atoms. The Labute approximate surface area is 199 Å². The van der Waals surface area contributed by atoms with E-state index < -0.39 is 0 Å². The first-order chi connectivity index (χ1) is 13.5. The minimum Gasteiger partial charge on any atom is -0.495 e. The molecule has 2 N–H and O–H groups in total. The second kappa shape index (κ2) is 11.2. The lowest BCUT2D eigenvalue weighted by Gasteiger charge is -2.22. The van der Waals surface area contributed by atoms with Gasteiger partial charge in [0.15, 0.2) is 5.96 Å². The molecule has 9 heteroatoms. The van der Waals surface area contributed by atoms with Crippen molar-refractivity contribution in [1.29, 1.82) is 0 Å². The van der Waals surface area contributed by atoms with Crippen molar-refractivity contribution in [1.82, 2.24) is 15.6 Å². The summed E-state index contributed by atoms with van der Waals surface area (Å²) >= 11 is 7.91. The first-order valence-electron chi connectivity index (χ1n) is 9.56. The van der Waals surface area contributed by atoms with Gasteiger partial charge in [0.25, 0.3) is 0 Å². The van der Waals surface area contributed by atoms with Crippen molar-refractivity contribution in [3.05, 3.63) is 38.8 Å². The number of aromatic nitrogens is 1. The van der Waals surface area contributed by atoms with Crippen LogP contribution >= 0.6 is 46.9 Å². The Morgan fingerprint density at radius 1 is 1.41 bits per heavy atom. The molecule has 29 heavy (non-hydrogen) atoms. The minimum atomic E-state index is 0. The van der Waals surface area contributed by atoms with Crippen molar-refractivity contribution in [3.63, 3.8) is 0 Å². The Morgan fingerprint density at radius 3 is 2.86 bits per heavy atom. The zero-order valence-electron chi connectivity index (χ0n) is 17.3. The number of nitrogens with zero attached hydrogens (tertiary/aromatic N) is 3. The molecule has 0 radical (unpaired) electrons. The fraction of sp³-hybridized carbons (Fsp3) is 0.500. The number of ether oxygens (including phenoxy) is 1. The van der Waals surface area contributed by atoms with Crippen molar-refractivity contribution in [2.24, 2.45) is 4.99 Å². The lowest BCUT2D eigenvalue weighted by molar-refractivity contribution is 0.415. The van der Waals surface area contributed by atoms with Crippen molar-refractivity contribution in [2.75, 3.05) is 31.6 Å². The molecule has 1 unspecified atom stereocenters. The molecule has 2 heterocycles. The highest BCUT2D eigenvalue weighted by Crippen LogP contribution is 2.33. The number of benzene rings is 1. The van der Waals surface area contributed by atoms with Gasteiger partial charge in [0, 0.05) is 35.6 Å². The maximum absolute atomic E-state index is 6.20. The van der Waals surface area contributed by atoms with E-state index in [-0.39, 0.29) is 24.0 Å². The van der Waals surface area contributed by atoms with Gasteiger partial charge >= 0.3 is 0 Å². The van der Waals surface area contributed by atoms with Gasteiger partial charge in [-0.3, -0.25) is 0 Å². The summed E-state index contributed by atoms with van der Waals surface area (Å²) in [4.78, 5) is 12.8. The predicted octanol–water partition coefficient (Wildman–Crippen LogP) is 4.37. The molecule has 1 aromatic carbocycles. The number of hydrogen-bond acceptors (Lipinski definition) is 5. The van der Waals surface area contributed by atoms with Gasteiger partial charge in [-0.2, -0.15) is 0 Å². The number of hydrogen-bond donors (Lipinski definition) is 2. The average Bonchev–Trinajstić information content (AvgIpc) is 3.25. The van der Waals surface area contributed by atoms with E-state index in [0.717, 1.165) is 59.2 Å². The maximum Gasteiger partial charge on any atom is 0.191 e. The highest BCUT2D eigenvalue weighted by molar-refractivity contribution is 14.0. The molecule has 0 bridgehead atoms. The second-order valence-corrected chi connectivity index (χ2v) is 8.55. The number of nitrogens with one attached hydrogen (secondary N) is 2. The van der Waals surface area contributed by atoms with E-state index in [2.05, 4.69) is 27.4 Å².